The van der Waals surface area contributed by atoms with E-state index in [1.807, 2.05) is 25.1 Å². The molecule has 4 heterocycles. The minimum absolute atomic E-state index is 0.317. The molecule has 27 heavy (non-hydrogen) atoms. The van der Waals surface area contributed by atoms with Crippen molar-refractivity contribution in [1.82, 2.24) is 19.9 Å². The molecule has 0 spiro atoms. The predicted molar refractivity (Wildman–Crippen MR) is 102 cm³/mol. The molecule has 2 aliphatic rings. The van der Waals surface area contributed by atoms with Crippen LogP contribution in [0.4, 0.5) is 5.82 Å². The number of aryl methyl sites for hydroxylation is 1. The van der Waals surface area contributed by atoms with Crippen LogP contribution in [0.25, 0.3) is 11.0 Å². The summed E-state index contributed by atoms with van der Waals surface area (Å²) in [7, 11) is 0. The van der Waals surface area contributed by atoms with E-state index in [1.54, 1.807) is 6.33 Å². The van der Waals surface area contributed by atoms with Gasteiger partial charge in [0.1, 0.15) is 11.8 Å². The summed E-state index contributed by atoms with van der Waals surface area (Å²) in [6, 6.07) is 10.2. The van der Waals surface area contributed by atoms with E-state index in [0.29, 0.717) is 6.79 Å². The highest BCUT2D eigenvalue weighted by Gasteiger charge is 2.21. The first-order valence-corrected chi connectivity index (χ1v) is 9.20. The van der Waals surface area contributed by atoms with Crippen molar-refractivity contribution in [1.29, 1.82) is 0 Å². The van der Waals surface area contributed by atoms with Crippen molar-refractivity contribution in [3.8, 4) is 11.5 Å². The van der Waals surface area contributed by atoms with Crippen LogP contribution in [0.2, 0.25) is 0 Å². The van der Waals surface area contributed by atoms with Gasteiger partial charge in [-0.2, -0.15) is 0 Å². The molecule has 0 radical (unpaired) electrons. The smallest absolute Gasteiger partial charge is 0.231 e. The van der Waals surface area contributed by atoms with Crippen molar-refractivity contribution in [2.45, 2.75) is 13.5 Å². The lowest BCUT2D eigenvalue weighted by atomic mass is 10.1. The summed E-state index contributed by atoms with van der Waals surface area (Å²) in [5, 5.41) is 0. The molecule has 7 heteroatoms. The second-order valence-corrected chi connectivity index (χ2v) is 6.97. The number of aromatic nitrogens is 3. The summed E-state index contributed by atoms with van der Waals surface area (Å²) in [4.78, 5) is 18.3. The number of rotatable bonds is 3. The standard InChI is InChI=1S/C20H21N5O2/c1-14-2-4-16-19(23-14)20(22-12-21-16)25-8-6-24(7-9-25)11-15-3-5-17-18(10-15)27-13-26-17/h2-5,10,12H,6-9,11,13H2,1H3. The van der Waals surface area contributed by atoms with E-state index in [2.05, 4.69) is 36.9 Å². The molecule has 2 aromatic heterocycles. The second-order valence-electron chi connectivity index (χ2n) is 6.97. The number of ether oxygens (including phenoxy) is 2. The Bertz CT molecular complexity index is 985. The van der Waals surface area contributed by atoms with E-state index in [-0.39, 0.29) is 0 Å². The molecule has 3 aromatic rings. The average molecular weight is 363 g/mol. The Hall–Kier alpha value is -2.93. The van der Waals surface area contributed by atoms with Gasteiger partial charge in [-0.1, -0.05) is 6.07 Å². The summed E-state index contributed by atoms with van der Waals surface area (Å²) in [5.41, 5.74) is 4.02. The molecule has 2 aliphatic heterocycles. The van der Waals surface area contributed by atoms with Crippen molar-refractivity contribution in [3.05, 3.63) is 47.9 Å². The first kappa shape index (κ1) is 16.3. The average Bonchev–Trinajstić information content (AvgIpc) is 3.16. The lowest BCUT2D eigenvalue weighted by molar-refractivity contribution is 0.174. The van der Waals surface area contributed by atoms with Crippen LogP contribution in [0.15, 0.2) is 36.7 Å². The molecule has 5 rings (SSSR count). The van der Waals surface area contributed by atoms with Crippen LogP contribution in [-0.4, -0.2) is 52.8 Å². The summed E-state index contributed by atoms with van der Waals surface area (Å²) < 4.78 is 10.9. The van der Waals surface area contributed by atoms with Crippen LogP contribution >= 0.6 is 0 Å². The molecule has 1 aromatic carbocycles. The van der Waals surface area contributed by atoms with Crippen molar-refractivity contribution >= 4 is 16.9 Å². The molecular formula is C20H21N5O2. The maximum absolute atomic E-state index is 5.48. The zero-order valence-electron chi connectivity index (χ0n) is 15.3. The molecule has 0 bridgehead atoms. The van der Waals surface area contributed by atoms with Gasteiger partial charge in [-0.25, -0.2) is 15.0 Å². The van der Waals surface area contributed by atoms with E-state index in [0.717, 1.165) is 66.8 Å². The quantitative estimate of drug-likeness (QED) is 0.708. The Balaban J connectivity index is 1.29. The SMILES string of the molecule is Cc1ccc2ncnc(N3CCN(Cc4ccc5c(c4)OCO5)CC3)c2n1. The molecule has 1 fully saturated rings. The topological polar surface area (TPSA) is 63.6 Å². The number of benzene rings is 1. The highest BCUT2D eigenvalue weighted by molar-refractivity contribution is 5.85. The van der Waals surface area contributed by atoms with Crippen molar-refractivity contribution in [3.63, 3.8) is 0 Å². The number of pyridine rings is 1. The lowest BCUT2D eigenvalue weighted by Crippen LogP contribution is -2.46. The number of hydrogen-bond donors (Lipinski definition) is 0. The number of hydrogen-bond acceptors (Lipinski definition) is 7. The van der Waals surface area contributed by atoms with E-state index < -0.39 is 0 Å². The summed E-state index contributed by atoms with van der Waals surface area (Å²) in [5.74, 6) is 2.62. The maximum Gasteiger partial charge on any atom is 0.231 e. The zero-order chi connectivity index (χ0) is 18.2. The molecule has 0 atom stereocenters. The molecule has 0 amide bonds. The van der Waals surface area contributed by atoms with Crippen molar-refractivity contribution in [2.24, 2.45) is 0 Å². The fourth-order valence-electron chi connectivity index (χ4n) is 3.67. The Morgan fingerprint density at radius 2 is 1.81 bits per heavy atom. The molecule has 1 saturated heterocycles. The van der Waals surface area contributed by atoms with Crippen molar-refractivity contribution in [2.75, 3.05) is 37.9 Å². The largest absolute Gasteiger partial charge is 0.454 e. The van der Waals surface area contributed by atoms with Gasteiger partial charge in [0.25, 0.3) is 0 Å². The van der Waals surface area contributed by atoms with Gasteiger partial charge in [0.2, 0.25) is 6.79 Å². The highest BCUT2D eigenvalue weighted by atomic mass is 16.7. The third-order valence-electron chi connectivity index (χ3n) is 5.12. The van der Waals surface area contributed by atoms with Crippen LogP contribution in [0.5, 0.6) is 11.5 Å². The Kier molecular flexibility index (Phi) is 4.01. The van der Waals surface area contributed by atoms with E-state index in [4.69, 9.17) is 9.47 Å². The molecule has 138 valence electrons. The zero-order valence-corrected chi connectivity index (χ0v) is 15.3. The number of piperazine rings is 1. The molecular weight excluding hydrogens is 342 g/mol. The number of fused-ring (bicyclic) bond motifs is 2. The van der Waals surface area contributed by atoms with Crippen LogP contribution in [-0.2, 0) is 6.54 Å². The van der Waals surface area contributed by atoms with E-state index in [9.17, 15) is 0 Å². The number of nitrogens with zero attached hydrogens (tertiary/aromatic N) is 5. The third kappa shape index (κ3) is 3.14. The first-order chi connectivity index (χ1) is 13.3. The van der Waals surface area contributed by atoms with Gasteiger partial charge in [0.15, 0.2) is 17.3 Å². The minimum Gasteiger partial charge on any atom is -0.454 e. The normalized spacial score (nSPS) is 16.9. The summed E-state index contributed by atoms with van der Waals surface area (Å²) in [6.07, 6.45) is 1.63. The Morgan fingerprint density at radius 1 is 0.963 bits per heavy atom. The molecule has 0 N–H and O–H groups in total. The van der Waals surface area contributed by atoms with Gasteiger partial charge in [-0.05, 0) is 36.8 Å². The second kappa shape index (κ2) is 6.66. The van der Waals surface area contributed by atoms with Gasteiger partial charge in [-0.15, -0.1) is 0 Å². The molecule has 0 saturated carbocycles. The lowest BCUT2D eigenvalue weighted by Gasteiger charge is -2.35. The van der Waals surface area contributed by atoms with Crippen LogP contribution in [0.1, 0.15) is 11.3 Å². The summed E-state index contributed by atoms with van der Waals surface area (Å²) >= 11 is 0. The van der Waals surface area contributed by atoms with Crippen LogP contribution in [0, 0.1) is 6.92 Å². The maximum atomic E-state index is 5.48. The van der Waals surface area contributed by atoms with Gasteiger partial charge < -0.3 is 14.4 Å². The minimum atomic E-state index is 0.317. The van der Waals surface area contributed by atoms with Crippen LogP contribution < -0.4 is 14.4 Å². The highest BCUT2D eigenvalue weighted by Crippen LogP contribution is 2.33. The van der Waals surface area contributed by atoms with Crippen molar-refractivity contribution < 1.29 is 9.47 Å². The third-order valence-corrected chi connectivity index (χ3v) is 5.12. The van der Waals surface area contributed by atoms with Crippen LogP contribution in [0.3, 0.4) is 0 Å². The molecule has 7 nitrogen and oxygen atoms in total. The van der Waals surface area contributed by atoms with E-state index in [1.165, 1.54) is 5.56 Å². The van der Waals surface area contributed by atoms with E-state index >= 15 is 0 Å². The fourth-order valence-corrected chi connectivity index (χ4v) is 3.67. The molecule has 0 unspecified atom stereocenters. The molecule has 0 aliphatic carbocycles. The number of anilines is 1. The first-order valence-electron chi connectivity index (χ1n) is 9.20. The van der Waals surface area contributed by atoms with Gasteiger partial charge >= 0.3 is 0 Å². The monoisotopic (exact) mass is 363 g/mol. The predicted octanol–water partition coefficient (Wildman–Crippen LogP) is 2.38. The Morgan fingerprint density at radius 3 is 2.70 bits per heavy atom. The summed E-state index contributed by atoms with van der Waals surface area (Å²) in [6.45, 7) is 7.03. The fraction of sp³-hybridized carbons (Fsp3) is 0.350. The van der Waals surface area contributed by atoms with Gasteiger partial charge in [-0.3, -0.25) is 4.90 Å². The van der Waals surface area contributed by atoms with Gasteiger partial charge in [0.05, 0.1) is 5.52 Å². The van der Waals surface area contributed by atoms with Gasteiger partial charge in [0, 0.05) is 38.4 Å². The Labute approximate surface area is 157 Å².